The number of nitrogens with zero attached hydrogens (tertiary/aromatic N) is 1. The van der Waals surface area contributed by atoms with E-state index < -0.39 is 5.97 Å². The summed E-state index contributed by atoms with van der Waals surface area (Å²) >= 11 is 0. The fourth-order valence-electron chi connectivity index (χ4n) is 4.01. The van der Waals surface area contributed by atoms with E-state index in [1.54, 1.807) is 12.1 Å². The van der Waals surface area contributed by atoms with Crippen LogP contribution in [0.5, 0.6) is 0 Å². The number of morpholine rings is 1. The second kappa shape index (κ2) is 10.0. The van der Waals surface area contributed by atoms with E-state index in [4.69, 9.17) is 9.47 Å². The summed E-state index contributed by atoms with van der Waals surface area (Å²) in [4.78, 5) is 26.7. The number of ether oxygens (including phenoxy) is 2. The number of rotatable bonds is 6. The maximum Gasteiger partial charge on any atom is 0.338 e. The molecular weight excluding hydrogens is 356 g/mol. The molecule has 6 nitrogen and oxygen atoms in total. The second-order valence-electron chi connectivity index (χ2n) is 8.10. The molecule has 1 amide bonds. The molecule has 6 heteroatoms. The standard InChI is InChI=1S/C22H32N2O4/c1-16-4-3-5-20(17(16)2)23-21(25)15-28-22(26)19-8-6-18(7-9-19)14-24-10-12-27-13-11-24/h6-9,16-17,20H,3-5,10-15H2,1-2H3,(H,23,25)/t16-,17-,20-/m1/s1. The van der Waals surface area contributed by atoms with Crippen LogP contribution >= 0.6 is 0 Å². The zero-order valence-corrected chi connectivity index (χ0v) is 17.0. The van der Waals surface area contributed by atoms with Crippen LogP contribution < -0.4 is 5.32 Å². The molecule has 1 N–H and O–H groups in total. The molecule has 2 aliphatic rings. The third-order valence-electron chi connectivity index (χ3n) is 6.09. The fourth-order valence-corrected chi connectivity index (χ4v) is 4.01. The first-order valence-electron chi connectivity index (χ1n) is 10.4. The van der Waals surface area contributed by atoms with Gasteiger partial charge in [0.2, 0.25) is 0 Å². The van der Waals surface area contributed by atoms with Crippen molar-refractivity contribution in [2.45, 2.75) is 45.7 Å². The smallest absolute Gasteiger partial charge is 0.338 e. The number of carbonyl (C=O) groups is 2. The van der Waals surface area contributed by atoms with Crippen LogP contribution in [0.2, 0.25) is 0 Å². The molecule has 0 bridgehead atoms. The third-order valence-corrected chi connectivity index (χ3v) is 6.09. The predicted octanol–water partition coefficient (Wildman–Crippen LogP) is 2.62. The van der Waals surface area contributed by atoms with Gasteiger partial charge in [-0.05, 0) is 36.0 Å². The molecule has 0 spiro atoms. The van der Waals surface area contributed by atoms with Gasteiger partial charge in [-0.3, -0.25) is 9.69 Å². The van der Waals surface area contributed by atoms with E-state index >= 15 is 0 Å². The van der Waals surface area contributed by atoms with Crippen LogP contribution in [0.3, 0.4) is 0 Å². The number of carbonyl (C=O) groups excluding carboxylic acids is 2. The summed E-state index contributed by atoms with van der Waals surface area (Å²) in [5.74, 6) is 0.381. The normalized spacial score (nSPS) is 25.9. The Hall–Kier alpha value is -1.92. The zero-order chi connectivity index (χ0) is 19.9. The van der Waals surface area contributed by atoms with Crippen molar-refractivity contribution in [2.75, 3.05) is 32.9 Å². The van der Waals surface area contributed by atoms with E-state index in [9.17, 15) is 9.59 Å². The lowest BCUT2D eigenvalue weighted by molar-refractivity contribution is -0.125. The molecule has 1 aromatic rings. The van der Waals surface area contributed by atoms with Gasteiger partial charge in [-0.15, -0.1) is 0 Å². The van der Waals surface area contributed by atoms with Gasteiger partial charge in [-0.2, -0.15) is 0 Å². The Kier molecular flexibility index (Phi) is 7.45. The Bertz CT molecular complexity index is 655. The van der Waals surface area contributed by atoms with Crippen molar-refractivity contribution in [2.24, 2.45) is 11.8 Å². The van der Waals surface area contributed by atoms with E-state index in [0.717, 1.165) is 51.3 Å². The Balaban J connectivity index is 1.43. The molecular formula is C22H32N2O4. The summed E-state index contributed by atoms with van der Waals surface area (Å²) < 4.78 is 10.6. The van der Waals surface area contributed by atoms with Crippen molar-refractivity contribution in [3.63, 3.8) is 0 Å². The van der Waals surface area contributed by atoms with E-state index in [2.05, 4.69) is 24.1 Å². The number of benzene rings is 1. The van der Waals surface area contributed by atoms with Crippen molar-refractivity contribution in [3.8, 4) is 0 Å². The molecule has 1 aliphatic carbocycles. The van der Waals surface area contributed by atoms with Crippen molar-refractivity contribution in [3.05, 3.63) is 35.4 Å². The Morgan fingerprint density at radius 2 is 1.86 bits per heavy atom. The van der Waals surface area contributed by atoms with Crippen LogP contribution in [-0.4, -0.2) is 55.7 Å². The number of nitrogens with one attached hydrogen (secondary N) is 1. The molecule has 3 atom stereocenters. The highest BCUT2D eigenvalue weighted by molar-refractivity contribution is 5.91. The van der Waals surface area contributed by atoms with Gasteiger partial charge in [0, 0.05) is 25.7 Å². The summed E-state index contributed by atoms with van der Waals surface area (Å²) in [7, 11) is 0. The third kappa shape index (κ3) is 5.79. The van der Waals surface area contributed by atoms with Gasteiger partial charge in [0.1, 0.15) is 0 Å². The summed E-state index contributed by atoms with van der Waals surface area (Å²) in [6, 6.07) is 7.59. The van der Waals surface area contributed by atoms with Crippen molar-refractivity contribution in [1.82, 2.24) is 10.2 Å². The summed E-state index contributed by atoms with van der Waals surface area (Å²) in [6.07, 6.45) is 3.34. The average Bonchev–Trinajstić information content (AvgIpc) is 2.71. The van der Waals surface area contributed by atoms with E-state index in [1.165, 1.54) is 6.42 Å². The summed E-state index contributed by atoms with van der Waals surface area (Å²) in [5, 5.41) is 3.03. The lowest BCUT2D eigenvalue weighted by Crippen LogP contribution is -2.45. The molecule has 1 heterocycles. The quantitative estimate of drug-likeness (QED) is 0.759. The fraction of sp³-hybridized carbons (Fsp3) is 0.636. The van der Waals surface area contributed by atoms with E-state index in [-0.39, 0.29) is 18.6 Å². The van der Waals surface area contributed by atoms with Crippen LogP contribution in [0.4, 0.5) is 0 Å². The maximum atomic E-state index is 12.2. The van der Waals surface area contributed by atoms with Crippen molar-refractivity contribution >= 4 is 11.9 Å². The summed E-state index contributed by atoms with van der Waals surface area (Å²) in [6.45, 7) is 8.42. The molecule has 1 aliphatic heterocycles. The van der Waals surface area contributed by atoms with Crippen LogP contribution in [0.1, 0.15) is 49.0 Å². The molecule has 28 heavy (non-hydrogen) atoms. The SMILES string of the molecule is C[C@@H]1[C@H](C)CCC[C@H]1NC(=O)COC(=O)c1ccc(CN2CCOCC2)cc1. The van der Waals surface area contributed by atoms with Gasteiger partial charge in [-0.25, -0.2) is 4.79 Å². The second-order valence-corrected chi connectivity index (χ2v) is 8.10. The molecule has 2 fully saturated rings. The van der Waals surface area contributed by atoms with Gasteiger partial charge in [0.25, 0.3) is 5.91 Å². The Morgan fingerprint density at radius 3 is 2.57 bits per heavy atom. The molecule has 154 valence electrons. The van der Waals surface area contributed by atoms with Crippen molar-refractivity contribution in [1.29, 1.82) is 0 Å². The first kappa shape index (κ1) is 20.8. The Labute approximate surface area is 167 Å². The number of amides is 1. The van der Waals surface area contributed by atoms with Gasteiger partial charge in [-0.1, -0.05) is 38.8 Å². The highest BCUT2D eigenvalue weighted by Gasteiger charge is 2.28. The lowest BCUT2D eigenvalue weighted by atomic mass is 9.78. The molecule has 3 rings (SSSR count). The Morgan fingerprint density at radius 1 is 1.14 bits per heavy atom. The maximum absolute atomic E-state index is 12.2. The largest absolute Gasteiger partial charge is 0.452 e. The van der Waals surface area contributed by atoms with Gasteiger partial charge >= 0.3 is 5.97 Å². The molecule has 1 aromatic carbocycles. The highest BCUT2D eigenvalue weighted by atomic mass is 16.5. The first-order valence-corrected chi connectivity index (χ1v) is 10.4. The van der Waals surface area contributed by atoms with Gasteiger partial charge < -0.3 is 14.8 Å². The van der Waals surface area contributed by atoms with Crippen LogP contribution in [0, 0.1) is 11.8 Å². The molecule has 0 unspecified atom stereocenters. The minimum atomic E-state index is -0.460. The monoisotopic (exact) mass is 388 g/mol. The minimum Gasteiger partial charge on any atom is -0.452 e. The van der Waals surface area contributed by atoms with E-state index in [0.29, 0.717) is 17.4 Å². The topological polar surface area (TPSA) is 67.9 Å². The lowest BCUT2D eigenvalue weighted by Gasteiger charge is -2.34. The highest BCUT2D eigenvalue weighted by Crippen LogP contribution is 2.29. The summed E-state index contributed by atoms with van der Waals surface area (Å²) in [5.41, 5.74) is 1.62. The predicted molar refractivity (Wildman–Crippen MR) is 107 cm³/mol. The van der Waals surface area contributed by atoms with Crippen LogP contribution in [-0.2, 0) is 20.8 Å². The molecule has 1 saturated heterocycles. The van der Waals surface area contributed by atoms with Crippen LogP contribution in [0.25, 0.3) is 0 Å². The zero-order valence-electron chi connectivity index (χ0n) is 17.0. The molecule has 0 radical (unpaired) electrons. The number of hydrogen-bond acceptors (Lipinski definition) is 5. The first-order chi connectivity index (χ1) is 13.5. The number of esters is 1. The van der Waals surface area contributed by atoms with Gasteiger partial charge in [0.05, 0.1) is 18.8 Å². The molecule has 0 aromatic heterocycles. The van der Waals surface area contributed by atoms with Crippen molar-refractivity contribution < 1.29 is 19.1 Å². The molecule has 1 saturated carbocycles. The van der Waals surface area contributed by atoms with Crippen LogP contribution in [0.15, 0.2) is 24.3 Å². The minimum absolute atomic E-state index is 0.175. The van der Waals surface area contributed by atoms with Gasteiger partial charge in [0.15, 0.2) is 6.61 Å². The average molecular weight is 389 g/mol. The van der Waals surface area contributed by atoms with E-state index in [1.807, 2.05) is 12.1 Å². The number of hydrogen-bond donors (Lipinski definition) is 1.